The van der Waals surface area contributed by atoms with Gasteiger partial charge in [-0.25, -0.2) is 0 Å². The van der Waals surface area contributed by atoms with Crippen molar-refractivity contribution in [1.29, 1.82) is 0 Å². The molecule has 0 atom stereocenters. The number of hydrogen-bond donors (Lipinski definition) is 1. The zero-order valence-corrected chi connectivity index (χ0v) is 12.9. The van der Waals surface area contributed by atoms with Gasteiger partial charge in [-0.3, -0.25) is 9.59 Å². The van der Waals surface area contributed by atoms with Crippen molar-refractivity contribution < 1.29 is 14.3 Å². The van der Waals surface area contributed by atoms with E-state index in [1.807, 2.05) is 19.1 Å². The van der Waals surface area contributed by atoms with Gasteiger partial charge in [0, 0.05) is 18.7 Å². The number of piperazine rings is 1. The molecule has 5 nitrogen and oxygen atoms in total. The molecule has 5 heteroatoms. The molecule has 22 heavy (non-hydrogen) atoms. The van der Waals surface area contributed by atoms with Crippen LogP contribution < -0.4 is 10.1 Å². The number of nitrogens with one attached hydrogen (secondary N) is 1. The van der Waals surface area contributed by atoms with Gasteiger partial charge in [0.15, 0.2) is 0 Å². The van der Waals surface area contributed by atoms with Crippen molar-refractivity contribution in [1.82, 2.24) is 10.2 Å². The molecule has 1 saturated carbocycles. The third-order valence-corrected chi connectivity index (χ3v) is 4.63. The Morgan fingerprint density at radius 1 is 1.36 bits per heavy atom. The zero-order chi connectivity index (χ0) is 15.6. The Kier molecular flexibility index (Phi) is 4.05. The van der Waals surface area contributed by atoms with Crippen LogP contribution in [0.2, 0.25) is 0 Å². The smallest absolute Gasteiger partial charge is 0.254 e. The lowest BCUT2D eigenvalue weighted by Gasteiger charge is -2.43. The average Bonchev–Trinajstić information content (AvgIpc) is 3.01. The normalized spacial score (nSPS) is 20.0. The number of nitrogens with zero attached hydrogens (tertiary/aromatic N) is 1. The van der Waals surface area contributed by atoms with E-state index in [-0.39, 0.29) is 11.8 Å². The van der Waals surface area contributed by atoms with Crippen molar-refractivity contribution in [2.75, 3.05) is 19.7 Å². The summed E-state index contributed by atoms with van der Waals surface area (Å²) in [6.45, 7) is 3.57. The van der Waals surface area contributed by atoms with E-state index < -0.39 is 5.54 Å². The molecule has 118 valence electrons. The lowest BCUT2D eigenvalue weighted by Crippen LogP contribution is -2.65. The standard InChI is InChI=1S/C17H22N2O3/c1-2-22-14-7-5-6-13(12-14)15(20)19-11-10-18-16(21)17(19)8-3-4-9-17/h5-7,12H,2-4,8-11H2,1H3,(H,18,21). The fourth-order valence-electron chi connectivity index (χ4n) is 3.58. The van der Waals surface area contributed by atoms with Crippen LogP contribution in [0.15, 0.2) is 24.3 Å². The molecule has 1 aliphatic heterocycles. The number of ether oxygens (including phenoxy) is 1. The maximum absolute atomic E-state index is 13.0. The molecular formula is C17H22N2O3. The molecule has 0 aromatic heterocycles. The first-order chi connectivity index (χ1) is 10.7. The minimum Gasteiger partial charge on any atom is -0.494 e. The van der Waals surface area contributed by atoms with Crippen LogP contribution in [0.4, 0.5) is 0 Å². The molecule has 1 aliphatic carbocycles. The Bertz CT molecular complexity index is 579. The highest BCUT2D eigenvalue weighted by Gasteiger charge is 2.50. The summed E-state index contributed by atoms with van der Waals surface area (Å²) < 4.78 is 5.47. The number of hydrogen-bond acceptors (Lipinski definition) is 3. The molecule has 1 spiro atoms. The predicted octanol–water partition coefficient (Wildman–Crippen LogP) is 1.97. The van der Waals surface area contributed by atoms with Crippen molar-refractivity contribution in [3.8, 4) is 5.75 Å². The fraction of sp³-hybridized carbons (Fsp3) is 0.529. The average molecular weight is 302 g/mol. The molecule has 0 bridgehead atoms. The van der Waals surface area contributed by atoms with Crippen LogP contribution in [-0.4, -0.2) is 41.9 Å². The second-order valence-corrected chi connectivity index (χ2v) is 5.91. The molecule has 1 aromatic rings. The van der Waals surface area contributed by atoms with Crippen molar-refractivity contribution in [2.24, 2.45) is 0 Å². The highest BCUT2D eigenvalue weighted by molar-refractivity contribution is 6.00. The second kappa shape index (κ2) is 5.99. The molecular weight excluding hydrogens is 280 g/mol. The van der Waals surface area contributed by atoms with Crippen LogP contribution in [0, 0.1) is 0 Å². The largest absolute Gasteiger partial charge is 0.494 e. The number of carbonyl (C=O) groups excluding carboxylic acids is 2. The molecule has 0 unspecified atom stereocenters. The van der Waals surface area contributed by atoms with Crippen LogP contribution >= 0.6 is 0 Å². The first-order valence-corrected chi connectivity index (χ1v) is 8.00. The Balaban J connectivity index is 1.89. The van der Waals surface area contributed by atoms with Gasteiger partial charge >= 0.3 is 0 Å². The highest BCUT2D eigenvalue weighted by atomic mass is 16.5. The van der Waals surface area contributed by atoms with E-state index in [0.29, 0.717) is 31.0 Å². The van der Waals surface area contributed by atoms with E-state index in [1.165, 1.54) is 0 Å². The molecule has 2 aliphatic rings. The fourth-order valence-corrected chi connectivity index (χ4v) is 3.58. The summed E-state index contributed by atoms with van der Waals surface area (Å²) in [4.78, 5) is 27.1. The van der Waals surface area contributed by atoms with E-state index in [2.05, 4.69) is 5.32 Å². The monoisotopic (exact) mass is 302 g/mol. The van der Waals surface area contributed by atoms with E-state index in [4.69, 9.17) is 4.74 Å². The third-order valence-electron chi connectivity index (χ3n) is 4.63. The highest BCUT2D eigenvalue weighted by Crippen LogP contribution is 2.37. The molecule has 1 aromatic carbocycles. The van der Waals surface area contributed by atoms with Crippen molar-refractivity contribution in [2.45, 2.75) is 38.1 Å². The number of rotatable bonds is 3. The van der Waals surface area contributed by atoms with Crippen LogP contribution in [0.3, 0.4) is 0 Å². The predicted molar refractivity (Wildman–Crippen MR) is 82.9 cm³/mol. The first kappa shape index (κ1) is 14.9. The third kappa shape index (κ3) is 2.45. The maximum Gasteiger partial charge on any atom is 0.254 e. The molecule has 2 amide bonds. The summed E-state index contributed by atoms with van der Waals surface area (Å²) in [7, 11) is 0. The summed E-state index contributed by atoms with van der Waals surface area (Å²) in [5.41, 5.74) is -0.0522. The topological polar surface area (TPSA) is 58.6 Å². The summed E-state index contributed by atoms with van der Waals surface area (Å²) in [6, 6.07) is 7.22. The van der Waals surface area contributed by atoms with Crippen LogP contribution in [0.1, 0.15) is 43.0 Å². The van der Waals surface area contributed by atoms with Gasteiger partial charge < -0.3 is 15.0 Å². The minimum absolute atomic E-state index is 0.00515. The van der Waals surface area contributed by atoms with Crippen molar-refractivity contribution >= 4 is 11.8 Å². The van der Waals surface area contributed by atoms with Crippen molar-refractivity contribution in [3.63, 3.8) is 0 Å². The lowest BCUT2D eigenvalue weighted by atomic mass is 9.90. The quantitative estimate of drug-likeness (QED) is 0.928. The van der Waals surface area contributed by atoms with E-state index in [0.717, 1.165) is 25.7 Å². The Hall–Kier alpha value is -2.04. The van der Waals surface area contributed by atoms with Gasteiger partial charge in [0.2, 0.25) is 5.91 Å². The summed E-state index contributed by atoms with van der Waals surface area (Å²) >= 11 is 0. The van der Waals surface area contributed by atoms with Crippen LogP contribution in [0.5, 0.6) is 5.75 Å². The van der Waals surface area contributed by atoms with Gasteiger partial charge in [-0.05, 0) is 38.0 Å². The van der Waals surface area contributed by atoms with Gasteiger partial charge in [-0.15, -0.1) is 0 Å². The van der Waals surface area contributed by atoms with Crippen LogP contribution in [-0.2, 0) is 4.79 Å². The van der Waals surface area contributed by atoms with E-state index >= 15 is 0 Å². The maximum atomic E-state index is 13.0. The van der Waals surface area contributed by atoms with E-state index in [9.17, 15) is 9.59 Å². The Morgan fingerprint density at radius 3 is 2.86 bits per heavy atom. The SMILES string of the molecule is CCOc1cccc(C(=O)N2CCNC(=O)C23CCCC3)c1. The summed E-state index contributed by atoms with van der Waals surface area (Å²) in [6.07, 6.45) is 3.51. The van der Waals surface area contributed by atoms with Crippen LogP contribution in [0.25, 0.3) is 0 Å². The number of carbonyl (C=O) groups is 2. The van der Waals surface area contributed by atoms with Gasteiger partial charge in [0.25, 0.3) is 5.91 Å². The molecule has 1 heterocycles. The molecule has 3 rings (SSSR count). The van der Waals surface area contributed by atoms with Gasteiger partial charge in [-0.2, -0.15) is 0 Å². The Morgan fingerprint density at radius 2 is 2.14 bits per heavy atom. The summed E-state index contributed by atoms with van der Waals surface area (Å²) in [5, 5.41) is 2.93. The van der Waals surface area contributed by atoms with Gasteiger partial charge in [-0.1, -0.05) is 18.9 Å². The van der Waals surface area contributed by atoms with Gasteiger partial charge in [0.05, 0.1) is 6.61 Å². The van der Waals surface area contributed by atoms with Gasteiger partial charge in [0.1, 0.15) is 11.3 Å². The van der Waals surface area contributed by atoms with E-state index in [1.54, 1.807) is 17.0 Å². The van der Waals surface area contributed by atoms with Crippen molar-refractivity contribution in [3.05, 3.63) is 29.8 Å². The second-order valence-electron chi connectivity index (χ2n) is 5.91. The molecule has 0 radical (unpaired) electrons. The first-order valence-electron chi connectivity index (χ1n) is 8.00. The minimum atomic E-state index is -0.642. The molecule has 1 N–H and O–H groups in total. The number of benzene rings is 1. The Labute approximate surface area is 130 Å². The summed E-state index contributed by atoms with van der Waals surface area (Å²) in [5.74, 6) is 0.624. The molecule has 1 saturated heterocycles. The molecule has 2 fully saturated rings. The zero-order valence-electron chi connectivity index (χ0n) is 12.9. The lowest BCUT2D eigenvalue weighted by molar-refractivity contribution is -0.134. The number of amides is 2.